The summed E-state index contributed by atoms with van der Waals surface area (Å²) in [5, 5.41) is 13.6. The van der Waals surface area contributed by atoms with Gasteiger partial charge in [0, 0.05) is 22.2 Å². The molecule has 5 heteroatoms. The van der Waals surface area contributed by atoms with E-state index in [1.165, 1.54) is 19.3 Å². The molecular weight excluding hydrogens is 338 g/mol. The molecule has 4 fully saturated rings. The summed E-state index contributed by atoms with van der Waals surface area (Å²) in [6.45, 7) is 0. The monoisotopic (exact) mass is 359 g/mol. The predicted octanol–water partition coefficient (Wildman–Crippen LogP) is 3.89. The van der Waals surface area contributed by atoms with E-state index < -0.39 is 11.7 Å². The first-order chi connectivity index (χ1) is 11.9. The second-order valence-corrected chi connectivity index (χ2v) is 8.49. The summed E-state index contributed by atoms with van der Waals surface area (Å²) < 4.78 is 0. The van der Waals surface area contributed by atoms with Gasteiger partial charge >= 0.3 is 0 Å². The number of hydrogen-bond acceptors (Lipinski definition) is 3. The maximum absolute atomic E-state index is 12.4. The van der Waals surface area contributed by atoms with Gasteiger partial charge in [0.25, 0.3) is 5.91 Å². The molecule has 0 unspecified atom stereocenters. The van der Waals surface area contributed by atoms with Gasteiger partial charge in [0.05, 0.1) is 0 Å². The Morgan fingerprint density at radius 2 is 1.56 bits per heavy atom. The van der Waals surface area contributed by atoms with Gasteiger partial charge < -0.3 is 10.4 Å². The maximum Gasteiger partial charge on any atom is 0.292 e. The zero-order chi connectivity index (χ0) is 17.6. The topological polar surface area (TPSA) is 66.4 Å². The average Bonchev–Trinajstić information content (AvgIpc) is 2.53. The van der Waals surface area contributed by atoms with E-state index in [2.05, 4.69) is 5.32 Å². The van der Waals surface area contributed by atoms with E-state index in [0.29, 0.717) is 28.3 Å². The van der Waals surface area contributed by atoms with Gasteiger partial charge in [0.1, 0.15) is 5.76 Å². The Labute approximate surface area is 152 Å². The number of nitrogens with one attached hydrogen (secondary N) is 1. The molecule has 1 aromatic rings. The molecule has 1 amide bonds. The predicted molar refractivity (Wildman–Crippen MR) is 96.1 cm³/mol. The van der Waals surface area contributed by atoms with Crippen molar-refractivity contribution in [1.29, 1.82) is 0 Å². The number of hydrogen-bond donors (Lipinski definition) is 2. The molecule has 4 aliphatic rings. The molecule has 4 nitrogen and oxygen atoms in total. The van der Waals surface area contributed by atoms with E-state index in [-0.39, 0.29) is 11.3 Å². The Bertz CT molecular complexity index is 703. The van der Waals surface area contributed by atoms with E-state index in [4.69, 9.17) is 11.6 Å². The highest BCUT2D eigenvalue weighted by Gasteiger charge is 2.51. The average molecular weight is 360 g/mol. The second-order valence-electron chi connectivity index (χ2n) is 8.05. The summed E-state index contributed by atoms with van der Waals surface area (Å²) in [6.07, 6.45) is 7.81. The molecular formula is C20H22ClNO3. The lowest BCUT2D eigenvalue weighted by atomic mass is 9.53. The Morgan fingerprint density at radius 3 is 2.08 bits per heavy atom. The fourth-order valence-electron chi connectivity index (χ4n) is 5.46. The number of aliphatic hydroxyl groups is 1. The minimum atomic E-state index is -0.705. The van der Waals surface area contributed by atoms with Gasteiger partial charge in [-0.15, -0.1) is 0 Å². The number of benzene rings is 1. The molecule has 0 aliphatic heterocycles. The third-order valence-electron chi connectivity index (χ3n) is 6.05. The Morgan fingerprint density at radius 1 is 1.04 bits per heavy atom. The summed E-state index contributed by atoms with van der Waals surface area (Å²) in [5.41, 5.74) is 0.256. The quantitative estimate of drug-likeness (QED) is 0.487. The van der Waals surface area contributed by atoms with E-state index in [9.17, 15) is 14.7 Å². The lowest BCUT2D eigenvalue weighted by molar-refractivity contribution is -0.138. The van der Waals surface area contributed by atoms with Crippen LogP contribution in [0.4, 0.5) is 0 Å². The van der Waals surface area contributed by atoms with Crippen molar-refractivity contribution in [1.82, 2.24) is 5.32 Å². The van der Waals surface area contributed by atoms with Gasteiger partial charge in [-0.1, -0.05) is 11.6 Å². The summed E-state index contributed by atoms with van der Waals surface area (Å²) in [4.78, 5) is 24.7. The smallest absolute Gasteiger partial charge is 0.292 e. The van der Waals surface area contributed by atoms with E-state index >= 15 is 0 Å². The number of carbonyl (C=O) groups is 2. The van der Waals surface area contributed by atoms with E-state index in [1.54, 1.807) is 24.3 Å². The van der Waals surface area contributed by atoms with Gasteiger partial charge in [-0.25, -0.2) is 0 Å². The highest BCUT2D eigenvalue weighted by molar-refractivity contribution is 6.41. The Balaban J connectivity index is 1.45. The van der Waals surface area contributed by atoms with Crippen LogP contribution in [0.15, 0.2) is 30.3 Å². The summed E-state index contributed by atoms with van der Waals surface area (Å²) >= 11 is 5.81. The van der Waals surface area contributed by atoms with Gasteiger partial charge in [0.2, 0.25) is 5.78 Å². The highest BCUT2D eigenvalue weighted by Crippen LogP contribution is 2.55. The molecule has 5 rings (SSSR count). The van der Waals surface area contributed by atoms with Crippen LogP contribution >= 0.6 is 11.6 Å². The molecule has 0 heterocycles. The fourth-order valence-corrected chi connectivity index (χ4v) is 5.59. The van der Waals surface area contributed by atoms with Crippen LogP contribution in [0.3, 0.4) is 0 Å². The fraction of sp³-hybridized carbons (Fsp3) is 0.500. The number of ketones is 1. The number of carbonyl (C=O) groups excluding carboxylic acids is 2. The molecule has 4 saturated carbocycles. The van der Waals surface area contributed by atoms with Crippen LogP contribution in [-0.4, -0.2) is 22.3 Å². The molecule has 25 heavy (non-hydrogen) atoms. The lowest BCUT2D eigenvalue weighted by Gasteiger charge is -2.56. The van der Waals surface area contributed by atoms with Crippen molar-refractivity contribution in [3.05, 3.63) is 40.9 Å². The zero-order valence-corrected chi connectivity index (χ0v) is 14.8. The molecule has 0 saturated heterocycles. The van der Waals surface area contributed by atoms with E-state index in [0.717, 1.165) is 25.3 Å². The van der Waals surface area contributed by atoms with Crippen LogP contribution in [0.25, 0.3) is 5.76 Å². The highest BCUT2D eigenvalue weighted by atomic mass is 35.5. The van der Waals surface area contributed by atoms with Gasteiger partial charge in [-0.3, -0.25) is 9.59 Å². The molecule has 4 aliphatic carbocycles. The molecule has 2 N–H and O–H groups in total. The lowest BCUT2D eigenvalue weighted by Crippen LogP contribution is -2.60. The molecule has 1 aromatic carbocycles. The van der Waals surface area contributed by atoms with Crippen LogP contribution in [0.1, 0.15) is 44.1 Å². The minimum Gasteiger partial charge on any atom is -0.507 e. The van der Waals surface area contributed by atoms with Crippen LogP contribution < -0.4 is 5.32 Å². The molecule has 132 valence electrons. The van der Waals surface area contributed by atoms with Gasteiger partial charge in [-0.2, -0.15) is 0 Å². The third kappa shape index (κ3) is 3.32. The van der Waals surface area contributed by atoms with Crippen LogP contribution in [-0.2, 0) is 9.59 Å². The first kappa shape index (κ1) is 16.6. The van der Waals surface area contributed by atoms with Crippen LogP contribution in [0.2, 0.25) is 5.02 Å². The van der Waals surface area contributed by atoms with Gasteiger partial charge in [0.15, 0.2) is 0 Å². The van der Waals surface area contributed by atoms with Crippen molar-refractivity contribution in [3.63, 3.8) is 0 Å². The minimum absolute atomic E-state index is 0.203. The number of halogens is 1. The van der Waals surface area contributed by atoms with Crippen molar-refractivity contribution < 1.29 is 14.7 Å². The SMILES string of the molecule is O=C(/C=C(\O)c1ccc(Cl)cc1)C(=O)NC12CC3CC(CC(C3)C1)C2. The van der Waals surface area contributed by atoms with Crippen LogP contribution in [0, 0.1) is 17.8 Å². The Kier molecular flexibility index (Phi) is 4.11. The molecule has 0 radical (unpaired) electrons. The van der Waals surface area contributed by atoms with Gasteiger partial charge in [-0.05, 0) is 80.5 Å². The van der Waals surface area contributed by atoms with Crippen molar-refractivity contribution in [2.75, 3.05) is 0 Å². The maximum atomic E-state index is 12.4. The third-order valence-corrected chi connectivity index (χ3v) is 6.30. The van der Waals surface area contributed by atoms with Crippen molar-refractivity contribution in [2.45, 2.75) is 44.1 Å². The molecule has 0 spiro atoms. The van der Waals surface area contributed by atoms with Crippen molar-refractivity contribution >= 4 is 29.1 Å². The first-order valence-corrected chi connectivity index (χ1v) is 9.33. The first-order valence-electron chi connectivity index (χ1n) is 8.95. The molecule has 0 atom stereocenters. The molecule has 0 aromatic heterocycles. The van der Waals surface area contributed by atoms with Crippen molar-refractivity contribution in [2.24, 2.45) is 17.8 Å². The zero-order valence-electron chi connectivity index (χ0n) is 14.0. The summed E-state index contributed by atoms with van der Waals surface area (Å²) in [6, 6.07) is 6.47. The van der Waals surface area contributed by atoms with E-state index in [1.807, 2.05) is 0 Å². The summed E-state index contributed by atoms with van der Waals surface area (Å²) in [7, 11) is 0. The summed E-state index contributed by atoms with van der Waals surface area (Å²) in [5.74, 6) is 0.548. The van der Waals surface area contributed by atoms with Crippen LogP contribution in [0.5, 0.6) is 0 Å². The number of rotatable bonds is 4. The number of aliphatic hydroxyl groups excluding tert-OH is 1. The molecule has 4 bridgehead atoms. The normalized spacial score (nSPS) is 33.3. The Hall–Kier alpha value is -1.81. The number of amides is 1. The van der Waals surface area contributed by atoms with Crippen molar-refractivity contribution in [3.8, 4) is 0 Å². The standard InChI is InChI=1S/C20H22ClNO3/c21-16-3-1-15(2-4-16)17(23)8-18(24)19(25)22-20-9-12-5-13(10-20)7-14(6-12)11-20/h1-4,8,12-14,23H,5-7,9-11H2,(H,22,25)/b17-8-. The second kappa shape index (κ2) is 6.17. The largest absolute Gasteiger partial charge is 0.507 e.